The van der Waals surface area contributed by atoms with Crippen LogP contribution in [0.3, 0.4) is 0 Å². The predicted molar refractivity (Wildman–Crippen MR) is 79.6 cm³/mol. The highest BCUT2D eigenvalue weighted by atomic mass is 32.1. The number of aromatic nitrogens is 2. The molecule has 2 aromatic rings. The third kappa shape index (κ3) is 3.28. The van der Waals surface area contributed by atoms with Gasteiger partial charge in [-0.3, -0.25) is 4.79 Å². The highest BCUT2D eigenvalue weighted by molar-refractivity contribution is 7.10. The summed E-state index contributed by atoms with van der Waals surface area (Å²) in [7, 11) is 0. The van der Waals surface area contributed by atoms with Crippen molar-refractivity contribution in [2.75, 3.05) is 13.1 Å². The first-order chi connectivity index (χ1) is 9.81. The van der Waals surface area contributed by atoms with Crippen molar-refractivity contribution in [2.45, 2.75) is 25.8 Å². The Morgan fingerprint density at radius 1 is 1.50 bits per heavy atom. The Morgan fingerprint density at radius 3 is 3.20 bits per heavy atom. The molecule has 0 N–H and O–H groups in total. The second-order valence-corrected chi connectivity index (χ2v) is 6.40. The molecule has 5 heteroatoms. The zero-order chi connectivity index (χ0) is 13.8. The summed E-state index contributed by atoms with van der Waals surface area (Å²) in [5, 5.41) is 2.03. The lowest BCUT2D eigenvalue weighted by Crippen LogP contribution is -2.41. The minimum atomic E-state index is 0.266. The van der Waals surface area contributed by atoms with Crippen LogP contribution in [0, 0.1) is 5.92 Å². The van der Waals surface area contributed by atoms with Gasteiger partial charge in [-0.15, -0.1) is 11.3 Å². The molecule has 1 saturated heterocycles. The van der Waals surface area contributed by atoms with Crippen LogP contribution in [0.25, 0.3) is 0 Å². The molecule has 0 radical (unpaired) electrons. The van der Waals surface area contributed by atoms with Gasteiger partial charge < -0.3 is 9.47 Å². The number of nitrogens with zero attached hydrogens (tertiary/aromatic N) is 3. The normalized spacial score (nSPS) is 19.2. The fourth-order valence-corrected chi connectivity index (χ4v) is 3.50. The van der Waals surface area contributed by atoms with Gasteiger partial charge in [0.25, 0.3) is 0 Å². The Hall–Kier alpha value is -1.62. The van der Waals surface area contributed by atoms with Gasteiger partial charge in [0, 0.05) is 36.9 Å². The zero-order valence-corrected chi connectivity index (χ0v) is 12.3. The molecule has 1 aliphatic rings. The first kappa shape index (κ1) is 13.4. The first-order valence-corrected chi connectivity index (χ1v) is 7.95. The van der Waals surface area contributed by atoms with Gasteiger partial charge in [-0.05, 0) is 30.2 Å². The summed E-state index contributed by atoms with van der Waals surface area (Å²) in [5.41, 5.74) is 0. The lowest BCUT2D eigenvalue weighted by Gasteiger charge is -2.33. The third-order valence-electron chi connectivity index (χ3n) is 3.81. The van der Waals surface area contributed by atoms with Gasteiger partial charge in [0.2, 0.25) is 5.91 Å². The van der Waals surface area contributed by atoms with Crippen LogP contribution in [0.1, 0.15) is 17.7 Å². The number of hydrogen-bond acceptors (Lipinski definition) is 3. The van der Waals surface area contributed by atoms with Gasteiger partial charge in [-0.25, -0.2) is 4.98 Å². The number of likely N-dealkylation sites (tertiary alicyclic amines) is 1. The van der Waals surface area contributed by atoms with E-state index in [2.05, 4.69) is 9.55 Å². The number of carbonyl (C=O) groups excluding carboxylic acids is 1. The quantitative estimate of drug-likeness (QED) is 0.867. The molecule has 1 aliphatic heterocycles. The molecule has 3 heterocycles. The van der Waals surface area contributed by atoms with Crippen molar-refractivity contribution in [1.29, 1.82) is 0 Å². The van der Waals surface area contributed by atoms with Crippen LogP contribution in [-0.2, 0) is 17.8 Å². The van der Waals surface area contributed by atoms with Crippen LogP contribution < -0.4 is 0 Å². The molecular formula is C15H19N3OS. The molecule has 2 aromatic heterocycles. The summed E-state index contributed by atoms with van der Waals surface area (Å²) in [6, 6.07) is 4.04. The van der Waals surface area contributed by atoms with Crippen molar-refractivity contribution < 1.29 is 4.79 Å². The summed E-state index contributed by atoms with van der Waals surface area (Å²) >= 11 is 1.66. The van der Waals surface area contributed by atoms with E-state index in [0.29, 0.717) is 12.3 Å². The number of thiophene rings is 1. The molecule has 1 fully saturated rings. The van der Waals surface area contributed by atoms with Crippen LogP contribution in [0.15, 0.2) is 36.2 Å². The molecule has 20 heavy (non-hydrogen) atoms. The second-order valence-electron chi connectivity index (χ2n) is 5.36. The van der Waals surface area contributed by atoms with Crippen LogP contribution in [0.4, 0.5) is 0 Å². The van der Waals surface area contributed by atoms with Crippen LogP contribution in [-0.4, -0.2) is 33.4 Å². The van der Waals surface area contributed by atoms with E-state index in [9.17, 15) is 4.79 Å². The number of imidazole rings is 1. The summed E-state index contributed by atoms with van der Waals surface area (Å²) in [5.74, 6) is 0.813. The minimum absolute atomic E-state index is 0.266. The number of carbonyl (C=O) groups is 1. The van der Waals surface area contributed by atoms with Gasteiger partial charge in [0.05, 0.1) is 12.7 Å². The summed E-state index contributed by atoms with van der Waals surface area (Å²) in [6.07, 6.45) is 8.51. The molecule has 0 aromatic carbocycles. The highest BCUT2D eigenvalue weighted by Crippen LogP contribution is 2.20. The van der Waals surface area contributed by atoms with E-state index in [-0.39, 0.29) is 5.91 Å². The molecule has 1 atom stereocenters. The standard InChI is InChI=1S/C15H19N3OS/c19-15(9-14-4-2-8-20-14)18-6-1-3-13(11-18)10-17-7-5-16-12-17/h2,4-5,7-8,12-13H,1,3,6,9-11H2/t13-/m0/s1. The van der Waals surface area contributed by atoms with Crippen molar-refractivity contribution in [3.8, 4) is 0 Å². The Balaban J connectivity index is 1.56. The Morgan fingerprint density at radius 2 is 2.45 bits per heavy atom. The fraction of sp³-hybridized carbons (Fsp3) is 0.467. The summed E-state index contributed by atoms with van der Waals surface area (Å²) in [4.78, 5) is 19.6. The van der Waals surface area contributed by atoms with E-state index >= 15 is 0 Å². The van der Waals surface area contributed by atoms with E-state index < -0.39 is 0 Å². The van der Waals surface area contributed by atoms with Gasteiger partial charge >= 0.3 is 0 Å². The second kappa shape index (κ2) is 6.22. The SMILES string of the molecule is O=C(Cc1cccs1)N1CCC[C@@H](Cn2ccnc2)C1. The maximum atomic E-state index is 12.3. The largest absolute Gasteiger partial charge is 0.342 e. The van der Waals surface area contributed by atoms with Crippen molar-refractivity contribution in [2.24, 2.45) is 5.92 Å². The minimum Gasteiger partial charge on any atom is -0.342 e. The third-order valence-corrected chi connectivity index (χ3v) is 4.68. The topological polar surface area (TPSA) is 38.1 Å². The summed E-state index contributed by atoms with van der Waals surface area (Å²) in [6.45, 7) is 2.75. The lowest BCUT2D eigenvalue weighted by molar-refractivity contribution is -0.132. The number of amides is 1. The van der Waals surface area contributed by atoms with Gasteiger partial charge in [0.1, 0.15) is 0 Å². The average Bonchev–Trinajstić information content (AvgIpc) is 3.12. The number of piperidine rings is 1. The Bertz CT molecular complexity index is 535. The molecule has 0 spiro atoms. The van der Waals surface area contributed by atoms with Gasteiger partial charge in [-0.2, -0.15) is 0 Å². The smallest absolute Gasteiger partial charge is 0.227 e. The molecule has 1 amide bonds. The molecular weight excluding hydrogens is 270 g/mol. The molecule has 0 unspecified atom stereocenters. The monoisotopic (exact) mass is 289 g/mol. The maximum Gasteiger partial charge on any atom is 0.227 e. The van der Waals surface area contributed by atoms with Crippen LogP contribution in [0.5, 0.6) is 0 Å². The maximum absolute atomic E-state index is 12.3. The average molecular weight is 289 g/mol. The van der Waals surface area contributed by atoms with Crippen molar-refractivity contribution >= 4 is 17.2 Å². The van der Waals surface area contributed by atoms with Gasteiger partial charge in [-0.1, -0.05) is 6.07 Å². The zero-order valence-electron chi connectivity index (χ0n) is 11.4. The fourth-order valence-electron chi connectivity index (χ4n) is 2.81. The Kier molecular flexibility index (Phi) is 4.16. The number of rotatable bonds is 4. The van der Waals surface area contributed by atoms with Crippen molar-refractivity contribution in [3.05, 3.63) is 41.1 Å². The first-order valence-electron chi connectivity index (χ1n) is 7.07. The lowest BCUT2D eigenvalue weighted by atomic mass is 9.97. The molecule has 106 valence electrons. The van der Waals surface area contributed by atoms with Crippen LogP contribution >= 0.6 is 11.3 Å². The van der Waals surface area contributed by atoms with E-state index in [1.807, 2.05) is 41.1 Å². The van der Waals surface area contributed by atoms with E-state index in [1.54, 1.807) is 11.3 Å². The summed E-state index contributed by atoms with van der Waals surface area (Å²) < 4.78 is 2.11. The van der Waals surface area contributed by atoms with Crippen LogP contribution in [0.2, 0.25) is 0 Å². The highest BCUT2D eigenvalue weighted by Gasteiger charge is 2.23. The van der Waals surface area contributed by atoms with Gasteiger partial charge in [0.15, 0.2) is 0 Å². The molecule has 0 bridgehead atoms. The molecule has 4 nitrogen and oxygen atoms in total. The predicted octanol–water partition coefficient (Wildman–Crippen LogP) is 2.43. The van der Waals surface area contributed by atoms with E-state index in [1.165, 1.54) is 6.42 Å². The molecule has 0 aliphatic carbocycles. The molecule has 3 rings (SSSR count). The van der Waals surface area contributed by atoms with E-state index in [0.717, 1.165) is 30.9 Å². The van der Waals surface area contributed by atoms with Crippen molar-refractivity contribution in [1.82, 2.24) is 14.5 Å². The Labute approximate surface area is 123 Å². The molecule has 0 saturated carbocycles. The van der Waals surface area contributed by atoms with Crippen molar-refractivity contribution in [3.63, 3.8) is 0 Å². The number of hydrogen-bond donors (Lipinski definition) is 0. The van der Waals surface area contributed by atoms with E-state index in [4.69, 9.17) is 0 Å².